The topological polar surface area (TPSA) is 88.9 Å². The Kier molecular flexibility index (Phi) is 4.73. The standard InChI is InChI=1S/C9H14N6/c1-11-9(14-6-10)13-4-2-3-8-5-12-7-15-8/h5,7H,2-4H2,1H3,(H,12,15)(H2,11,13,14). The second kappa shape index (κ2) is 6.43. The number of aryl methyl sites for hydroxylation is 1. The Bertz CT molecular complexity index is 334. The number of aliphatic imine (C=N–C) groups is 1. The summed E-state index contributed by atoms with van der Waals surface area (Å²) in [6.45, 7) is 0.764. The van der Waals surface area contributed by atoms with Gasteiger partial charge in [0.2, 0.25) is 5.96 Å². The van der Waals surface area contributed by atoms with Crippen LogP contribution in [-0.2, 0) is 6.42 Å². The number of guanidine groups is 1. The third-order valence-electron chi connectivity index (χ3n) is 1.87. The van der Waals surface area contributed by atoms with Gasteiger partial charge in [0.25, 0.3) is 0 Å². The Balaban J connectivity index is 2.14. The van der Waals surface area contributed by atoms with Crippen molar-refractivity contribution in [2.75, 3.05) is 13.6 Å². The van der Waals surface area contributed by atoms with Crippen LogP contribution in [0.2, 0.25) is 0 Å². The smallest absolute Gasteiger partial charge is 0.204 e. The summed E-state index contributed by atoms with van der Waals surface area (Å²) < 4.78 is 0. The highest BCUT2D eigenvalue weighted by molar-refractivity contribution is 5.80. The molecule has 6 heteroatoms. The summed E-state index contributed by atoms with van der Waals surface area (Å²) in [7, 11) is 1.63. The van der Waals surface area contributed by atoms with Crippen molar-refractivity contribution >= 4 is 5.96 Å². The third kappa shape index (κ3) is 4.13. The number of nitrogens with zero attached hydrogens (tertiary/aromatic N) is 3. The van der Waals surface area contributed by atoms with Gasteiger partial charge in [0.15, 0.2) is 6.19 Å². The highest BCUT2D eigenvalue weighted by atomic mass is 15.2. The van der Waals surface area contributed by atoms with Gasteiger partial charge in [-0.2, -0.15) is 5.26 Å². The first kappa shape index (κ1) is 11.0. The number of hydrogen-bond donors (Lipinski definition) is 3. The number of nitriles is 1. The number of aromatic amines is 1. The number of aromatic nitrogens is 2. The van der Waals surface area contributed by atoms with Gasteiger partial charge in [-0.05, 0) is 12.8 Å². The average molecular weight is 206 g/mol. The van der Waals surface area contributed by atoms with E-state index in [1.54, 1.807) is 13.4 Å². The van der Waals surface area contributed by atoms with Gasteiger partial charge >= 0.3 is 0 Å². The zero-order valence-electron chi connectivity index (χ0n) is 8.62. The van der Waals surface area contributed by atoms with Crippen LogP contribution in [0.5, 0.6) is 0 Å². The molecular weight excluding hydrogens is 192 g/mol. The fourth-order valence-electron chi connectivity index (χ4n) is 1.14. The van der Waals surface area contributed by atoms with E-state index < -0.39 is 0 Å². The third-order valence-corrected chi connectivity index (χ3v) is 1.87. The SMILES string of the molecule is CN=C(NC#N)NCCCc1cnc[nH]1. The van der Waals surface area contributed by atoms with Crippen molar-refractivity contribution in [1.29, 1.82) is 5.26 Å². The van der Waals surface area contributed by atoms with Crippen molar-refractivity contribution in [3.63, 3.8) is 0 Å². The van der Waals surface area contributed by atoms with E-state index in [0.29, 0.717) is 5.96 Å². The first-order valence-electron chi connectivity index (χ1n) is 4.70. The molecular formula is C9H14N6. The summed E-state index contributed by atoms with van der Waals surface area (Å²) in [5.74, 6) is 0.502. The van der Waals surface area contributed by atoms with Crippen molar-refractivity contribution in [2.45, 2.75) is 12.8 Å². The van der Waals surface area contributed by atoms with Gasteiger partial charge in [0, 0.05) is 25.5 Å². The molecule has 80 valence electrons. The molecule has 0 aliphatic heterocycles. The van der Waals surface area contributed by atoms with Gasteiger partial charge in [-0.25, -0.2) is 4.98 Å². The number of hydrogen-bond acceptors (Lipinski definition) is 3. The molecule has 0 radical (unpaired) electrons. The van der Waals surface area contributed by atoms with Crippen LogP contribution in [0.3, 0.4) is 0 Å². The van der Waals surface area contributed by atoms with Crippen molar-refractivity contribution in [2.24, 2.45) is 4.99 Å². The maximum absolute atomic E-state index is 8.38. The predicted molar refractivity (Wildman–Crippen MR) is 57.0 cm³/mol. The lowest BCUT2D eigenvalue weighted by molar-refractivity contribution is 0.752. The van der Waals surface area contributed by atoms with Crippen LogP contribution >= 0.6 is 0 Å². The average Bonchev–Trinajstić information content (AvgIpc) is 2.75. The number of H-pyrrole nitrogens is 1. The molecule has 0 atom stereocenters. The lowest BCUT2D eigenvalue weighted by Gasteiger charge is -2.05. The van der Waals surface area contributed by atoms with Crippen molar-refractivity contribution in [1.82, 2.24) is 20.6 Å². The van der Waals surface area contributed by atoms with Crippen molar-refractivity contribution in [3.8, 4) is 6.19 Å². The number of rotatable bonds is 4. The summed E-state index contributed by atoms with van der Waals surface area (Å²) >= 11 is 0. The molecule has 0 spiro atoms. The Morgan fingerprint density at radius 3 is 3.20 bits per heavy atom. The van der Waals surface area contributed by atoms with Gasteiger partial charge in [0.1, 0.15) is 0 Å². The largest absolute Gasteiger partial charge is 0.356 e. The molecule has 0 unspecified atom stereocenters. The van der Waals surface area contributed by atoms with E-state index in [1.807, 2.05) is 12.4 Å². The fourth-order valence-corrected chi connectivity index (χ4v) is 1.14. The first-order valence-corrected chi connectivity index (χ1v) is 4.70. The minimum atomic E-state index is 0.502. The highest BCUT2D eigenvalue weighted by Crippen LogP contribution is 1.95. The van der Waals surface area contributed by atoms with E-state index in [4.69, 9.17) is 5.26 Å². The molecule has 0 saturated heterocycles. The molecule has 0 fully saturated rings. The van der Waals surface area contributed by atoms with Gasteiger partial charge in [-0.15, -0.1) is 0 Å². The van der Waals surface area contributed by atoms with Gasteiger partial charge in [0.05, 0.1) is 6.33 Å². The summed E-state index contributed by atoms with van der Waals surface area (Å²) in [5.41, 5.74) is 1.11. The summed E-state index contributed by atoms with van der Waals surface area (Å²) in [5, 5.41) is 13.8. The van der Waals surface area contributed by atoms with Crippen LogP contribution in [0.1, 0.15) is 12.1 Å². The minimum absolute atomic E-state index is 0.502. The van der Waals surface area contributed by atoms with E-state index in [0.717, 1.165) is 25.1 Å². The molecule has 1 rings (SSSR count). The quantitative estimate of drug-likeness (QED) is 0.212. The number of nitrogens with one attached hydrogen (secondary N) is 3. The monoisotopic (exact) mass is 206 g/mol. The van der Waals surface area contributed by atoms with E-state index >= 15 is 0 Å². The van der Waals surface area contributed by atoms with E-state index in [-0.39, 0.29) is 0 Å². The Labute approximate surface area is 88.4 Å². The number of imidazole rings is 1. The van der Waals surface area contributed by atoms with Gasteiger partial charge in [-0.3, -0.25) is 10.3 Å². The van der Waals surface area contributed by atoms with E-state index in [1.165, 1.54) is 0 Å². The van der Waals surface area contributed by atoms with Crippen LogP contribution in [-0.4, -0.2) is 29.5 Å². The van der Waals surface area contributed by atoms with Gasteiger partial charge in [-0.1, -0.05) is 0 Å². The normalized spacial score (nSPS) is 10.8. The minimum Gasteiger partial charge on any atom is -0.356 e. The molecule has 3 N–H and O–H groups in total. The molecule has 6 nitrogen and oxygen atoms in total. The summed E-state index contributed by atoms with van der Waals surface area (Å²) in [6.07, 6.45) is 7.17. The maximum atomic E-state index is 8.38. The second-order valence-electron chi connectivity index (χ2n) is 2.92. The molecule has 0 bridgehead atoms. The van der Waals surface area contributed by atoms with E-state index in [2.05, 4.69) is 25.6 Å². The molecule has 1 heterocycles. The van der Waals surface area contributed by atoms with Crippen LogP contribution in [0.25, 0.3) is 0 Å². The summed E-state index contributed by atoms with van der Waals surface area (Å²) in [4.78, 5) is 10.8. The Morgan fingerprint density at radius 2 is 2.60 bits per heavy atom. The molecule has 0 amide bonds. The van der Waals surface area contributed by atoms with Crippen LogP contribution < -0.4 is 10.6 Å². The molecule has 0 aliphatic carbocycles. The maximum Gasteiger partial charge on any atom is 0.204 e. The zero-order chi connectivity index (χ0) is 10.9. The molecule has 0 saturated carbocycles. The van der Waals surface area contributed by atoms with Crippen LogP contribution in [0.15, 0.2) is 17.5 Å². The lowest BCUT2D eigenvalue weighted by Crippen LogP contribution is -2.35. The van der Waals surface area contributed by atoms with E-state index in [9.17, 15) is 0 Å². The predicted octanol–water partition coefficient (Wildman–Crippen LogP) is -0.0116. The zero-order valence-corrected chi connectivity index (χ0v) is 8.62. The van der Waals surface area contributed by atoms with Crippen LogP contribution in [0, 0.1) is 11.5 Å². The van der Waals surface area contributed by atoms with Crippen molar-refractivity contribution in [3.05, 3.63) is 18.2 Å². The molecule has 1 aromatic rings. The molecule has 1 aromatic heterocycles. The Morgan fingerprint density at radius 1 is 1.73 bits per heavy atom. The summed E-state index contributed by atoms with van der Waals surface area (Å²) in [6, 6.07) is 0. The second-order valence-corrected chi connectivity index (χ2v) is 2.92. The first-order chi connectivity index (χ1) is 7.36. The van der Waals surface area contributed by atoms with Gasteiger partial charge < -0.3 is 10.3 Å². The highest BCUT2D eigenvalue weighted by Gasteiger charge is 1.96. The fraction of sp³-hybridized carbons (Fsp3) is 0.444. The Hall–Kier alpha value is -2.03. The van der Waals surface area contributed by atoms with Crippen molar-refractivity contribution < 1.29 is 0 Å². The molecule has 0 aliphatic rings. The molecule has 15 heavy (non-hydrogen) atoms. The molecule has 0 aromatic carbocycles. The lowest BCUT2D eigenvalue weighted by atomic mass is 10.2. The van der Waals surface area contributed by atoms with Crippen LogP contribution in [0.4, 0.5) is 0 Å².